The van der Waals surface area contributed by atoms with Crippen molar-refractivity contribution in [2.45, 2.75) is 18.9 Å². The molecule has 1 atom stereocenters. The van der Waals surface area contributed by atoms with Gasteiger partial charge in [0.15, 0.2) is 0 Å². The van der Waals surface area contributed by atoms with Crippen LogP contribution in [0.25, 0.3) is 0 Å². The minimum atomic E-state index is -0.586. The van der Waals surface area contributed by atoms with Gasteiger partial charge in [-0.25, -0.2) is 5.48 Å². The van der Waals surface area contributed by atoms with E-state index in [4.69, 9.17) is 9.94 Å². The number of hydroxylamine groups is 1. The van der Waals surface area contributed by atoms with Crippen molar-refractivity contribution in [1.29, 1.82) is 0 Å². The minimum absolute atomic E-state index is 0.143. The van der Waals surface area contributed by atoms with Gasteiger partial charge < -0.3 is 15.0 Å². The van der Waals surface area contributed by atoms with Gasteiger partial charge in [-0.3, -0.25) is 19.7 Å². The predicted octanol–water partition coefficient (Wildman–Crippen LogP) is 1.06. The number of carbonyl (C=O) groups excluding carboxylic acids is 2. The van der Waals surface area contributed by atoms with Crippen LogP contribution < -0.4 is 15.5 Å². The molecule has 2 fully saturated rings. The van der Waals surface area contributed by atoms with E-state index < -0.39 is 11.9 Å². The number of ether oxygens (including phenoxy) is 1. The van der Waals surface area contributed by atoms with Crippen LogP contribution >= 0.6 is 11.8 Å². The van der Waals surface area contributed by atoms with Crippen molar-refractivity contribution in [3.05, 3.63) is 29.8 Å². The van der Waals surface area contributed by atoms with Crippen LogP contribution in [0.4, 0.5) is 0 Å². The molecule has 0 spiro atoms. The number of amides is 2. The first kappa shape index (κ1) is 22.9. The molecule has 2 amide bonds. The Bertz CT molecular complexity index is 689. The quantitative estimate of drug-likeness (QED) is 0.414. The average molecular weight is 437 g/mol. The van der Waals surface area contributed by atoms with Gasteiger partial charge in [0, 0.05) is 36.7 Å². The first-order chi connectivity index (χ1) is 14.6. The van der Waals surface area contributed by atoms with Gasteiger partial charge in [-0.15, -0.1) is 0 Å². The van der Waals surface area contributed by atoms with Crippen molar-refractivity contribution >= 4 is 23.6 Å². The number of hydrogen-bond donors (Lipinski definition) is 3. The summed E-state index contributed by atoms with van der Waals surface area (Å²) in [6.45, 7) is 4.57. The van der Waals surface area contributed by atoms with Crippen LogP contribution in [0, 0.1) is 5.92 Å². The minimum Gasteiger partial charge on any atom is -0.493 e. The summed E-state index contributed by atoms with van der Waals surface area (Å²) in [5.41, 5.74) is 2.23. The number of carbonyl (C=O) groups is 2. The number of piperidine rings is 1. The van der Waals surface area contributed by atoms with Crippen molar-refractivity contribution < 1.29 is 19.5 Å². The molecule has 0 aromatic heterocycles. The summed E-state index contributed by atoms with van der Waals surface area (Å²) in [5, 5.41) is 11.9. The van der Waals surface area contributed by atoms with Crippen molar-refractivity contribution in [2.24, 2.45) is 5.92 Å². The Kier molecular flexibility index (Phi) is 8.80. The first-order valence-corrected chi connectivity index (χ1v) is 11.7. The molecule has 3 rings (SSSR count). The standard InChI is InChI=1S/C21H32N4O4S/c1-24-8-6-16(7-9-24)15-29-18-4-2-17(3-5-18)20(26)22-14-19(21(27)23-28)25-10-12-30-13-11-25/h2-5,16,19,28H,6-15H2,1H3,(H,22,26)(H,23,27). The lowest BCUT2D eigenvalue weighted by Crippen LogP contribution is -2.54. The van der Waals surface area contributed by atoms with Crippen LogP contribution in [0.5, 0.6) is 5.75 Å². The lowest BCUT2D eigenvalue weighted by Gasteiger charge is -2.32. The molecule has 0 radical (unpaired) electrons. The van der Waals surface area contributed by atoms with Crippen molar-refractivity contribution in [2.75, 3.05) is 57.9 Å². The normalized spacial score (nSPS) is 19.8. The van der Waals surface area contributed by atoms with Crippen LogP contribution in [0.1, 0.15) is 23.2 Å². The molecule has 1 unspecified atom stereocenters. The maximum Gasteiger partial charge on any atom is 0.262 e. The third-order valence-corrected chi connectivity index (χ3v) is 6.74. The lowest BCUT2D eigenvalue weighted by atomic mass is 9.98. The van der Waals surface area contributed by atoms with Gasteiger partial charge in [0.25, 0.3) is 11.8 Å². The van der Waals surface area contributed by atoms with E-state index in [9.17, 15) is 9.59 Å². The molecule has 8 nitrogen and oxygen atoms in total. The Labute approximate surface area is 182 Å². The topological polar surface area (TPSA) is 94.1 Å². The number of rotatable bonds is 8. The third kappa shape index (κ3) is 6.60. The maximum atomic E-state index is 12.5. The van der Waals surface area contributed by atoms with E-state index in [1.165, 1.54) is 0 Å². The number of benzene rings is 1. The van der Waals surface area contributed by atoms with Crippen LogP contribution in [-0.2, 0) is 4.79 Å². The Morgan fingerprint density at radius 3 is 2.47 bits per heavy atom. The zero-order valence-corrected chi connectivity index (χ0v) is 18.3. The Morgan fingerprint density at radius 2 is 1.83 bits per heavy atom. The fourth-order valence-corrected chi connectivity index (χ4v) is 4.72. The lowest BCUT2D eigenvalue weighted by molar-refractivity contribution is -0.134. The van der Waals surface area contributed by atoms with E-state index in [2.05, 4.69) is 17.3 Å². The van der Waals surface area contributed by atoms with E-state index in [0.717, 1.165) is 56.3 Å². The largest absolute Gasteiger partial charge is 0.493 e. The zero-order chi connectivity index (χ0) is 21.3. The van der Waals surface area contributed by atoms with E-state index in [1.807, 2.05) is 28.8 Å². The molecule has 2 heterocycles. The second-order valence-electron chi connectivity index (χ2n) is 7.93. The van der Waals surface area contributed by atoms with E-state index in [1.54, 1.807) is 17.6 Å². The monoisotopic (exact) mass is 436 g/mol. The molecule has 9 heteroatoms. The molecule has 30 heavy (non-hydrogen) atoms. The molecule has 2 saturated heterocycles. The number of hydrogen-bond acceptors (Lipinski definition) is 7. The molecule has 0 aliphatic carbocycles. The molecule has 3 N–H and O–H groups in total. The highest BCUT2D eigenvalue weighted by Gasteiger charge is 2.27. The average Bonchev–Trinajstić information content (AvgIpc) is 2.79. The second kappa shape index (κ2) is 11.5. The Morgan fingerprint density at radius 1 is 1.17 bits per heavy atom. The summed E-state index contributed by atoms with van der Waals surface area (Å²) in [6.07, 6.45) is 2.30. The smallest absolute Gasteiger partial charge is 0.262 e. The number of likely N-dealkylation sites (tertiary alicyclic amines) is 1. The molecular weight excluding hydrogens is 404 g/mol. The summed E-state index contributed by atoms with van der Waals surface area (Å²) in [6, 6.07) is 6.50. The maximum absolute atomic E-state index is 12.5. The summed E-state index contributed by atoms with van der Waals surface area (Å²) in [4.78, 5) is 28.9. The molecule has 2 aliphatic heterocycles. The molecular formula is C21H32N4O4S. The first-order valence-electron chi connectivity index (χ1n) is 10.5. The zero-order valence-electron chi connectivity index (χ0n) is 17.5. The molecule has 0 bridgehead atoms. The molecule has 0 saturated carbocycles. The van der Waals surface area contributed by atoms with Gasteiger partial charge in [-0.2, -0.15) is 11.8 Å². The molecule has 166 valence electrons. The van der Waals surface area contributed by atoms with Gasteiger partial charge in [0.1, 0.15) is 11.8 Å². The number of nitrogens with zero attached hydrogens (tertiary/aromatic N) is 2. The summed E-state index contributed by atoms with van der Waals surface area (Å²) in [5.74, 6) is 2.45. The van der Waals surface area contributed by atoms with Crippen LogP contribution in [0.15, 0.2) is 24.3 Å². The van der Waals surface area contributed by atoms with Crippen LogP contribution in [-0.4, -0.2) is 90.7 Å². The highest BCUT2D eigenvalue weighted by molar-refractivity contribution is 7.99. The van der Waals surface area contributed by atoms with Gasteiger partial charge >= 0.3 is 0 Å². The van der Waals surface area contributed by atoms with E-state index in [-0.39, 0.29) is 12.5 Å². The Hall–Kier alpha value is -1.81. The second-order valence-corrected chi connectivity index (χ2v) is 9.16. The highest BCUT2D eigenvalue weighted by atomic mass is 32.2. The van der Waals surface area contributed by atoms with Crippen LogP contribution in [0.2, 0.25) is 0 Å². The van der Waals surface area contributed by atoms with E-state index >= 15 is 0 Å². The van der Waals surface area contributed by atoms with Crippen molar-refractivity contribution in [1.82, 2.24) is 20.6 Å². The number of nitrogens with one attached hydrogen (secondary N) is 2. The number of thioether (sulfide) groups is 1. The highest BCUT2D eigenvalue weighted by Crippen LogP contribution is 2.19. The van der Waals surface area contributed by atoms with Gasteiger partial charge in [-0.05, 0) is 63.2 Å². The molecule has 2 aliphatic rings. The SMILES string of the molecule is CN1CCC(COc2ccc(C(=O)NCC(C(=O)NO)N3CCSCC3)cc2)CC1. The third-order valence-electron chi connectivity index (χ3n) is 5.80. The Balaban J connectivity index is 1.47. The molecule has 1 aromatic carbocycles. The fourth-order valence-electron chi connectivity index (χ4n) is 3.79. The predicted molar refractivity (Wildman–Crippen MR) is 117 cm³/mol. The molecule has 1 aromatic rings. The van der Waals surface area contributed by atoms with Gasteiger partial charge in [0.05, 0.1) is 6.61 Å². The van der Waals surface area contributed by atoms with Crippen molar-refractivity contribution in [3.8, 4) is 5.75 Å². The summed E-state index contributed by atoms with van der Waals surface area (Å²) in [7, 11) is 2.14. The fraction of sp³-hybridized carbons (Fsp3) is 0.619. The van der Waals surface area contributed by atoms with E-state index in [0.29, 0.717) is 18.1 Å². The van der Waals surface area contributed by atoms with Crippen LogP contribution in [0.3, 0.4) is 0 Å². The summed E-state index contributed by atoms with van der Waals surface area (Å²) >= 11 is 1.83. The van der Waals surface area contributed by atoms with Gasteiger partial charge in [0.2, 0.25) is 0 Å². The van der Waals surface area contributed by atoms with Gasteiger partial charge in [-0.1, -0.05) is 0 Å². The van der Waals surface area contributed by atoms with Crippen molar-refractivity contribution in [3.63, 3.8) is 0 Å². The summed E-state index contributed by atoms with van der Waals surface area (Å²) < 4.78 is 5.90.